The molecule has 4 atom stereocenters. The van der Waals surface area contributed by atoms with Crippen molar-refractivity contribution in [2.24, 2.45) is 11.8 Å². The van der Waals surface area contributed by atoms with Crippen molar-refractivity contribution in [3.05, 3.63) is 66.0 Å². The molecule has 3 heteroatoms. The Morgan fingerprint density at radius 2 is 1.75 bits per heavy atom. The van der Waals surface area contributed by atoms with Gasteiger partial charge in [0, 0.05) is 23.9 Å². The van der Waals surface area contributed by atoms with Gasteiger partial charge in [0.05, 0.1) is 6.42 Å². The highest BCUT2D eigenvalue weighted by molar-refractivity contribution is 5.78. The average molecular weight is 320 g/mol. The average Bonchev–Trinajstić information content (AvgIpc) is 2.62. The summed E-state index contributed by atoms with van der Waals surface area (Å²) in [4.78, 5) is 16.8. The molecule has 2 aliphatic carbocycles. The van der Waals surface area contributed by atoms with Gasteiger partial charge in [0.1, 0.15) is 0 Å². The molecule has 1 N–H and O–H groups in total. The van der Waals surface area contributed by atoms with Crippen LogP contribution < -0.4 is 5.32 Å². The maximum absolute atomic E-state index is 12.5. The molecule has 1 heterocycles. The first-order valence-corrected chi connectivity index (χ1v) is 9.07. The number of amides is 1. The van der Waals surface area contributed by atoms with Crippen LogP contribution in [-0.2, 0) is 11.2 Å². The zero-order valence-corrected chi connectivity index (χ0v) is 13.9. The van der Waals surface area contributed by atoms with Crippen LogP contribution in [0.1, 0.15) is 42.9 Å². The lowest BCUT2D eigenvalue weighted by molar-refractivity contribution is -0.124. The van der Waals surface area contributed by atoms with E-state index in [0.29, 0.717) is 18.3 Å². The van der Waals surface area contributed by atoms with Crippen molar-refractivity contribution in [1.29, 1.82) is 0 Å². The molecule has 2 saturated carbocycles. The molecule has 0 aliphatic heterocycles. The van der Waals surface area contributed by atoms with Gasteiger partial charge in [-0.15, -0.1) is 0 Å². The van der Waals surface area contributed by atoms with Crippen LogP contribution in [0.15, 0.2) is 54.7 Å². The molecule has 124 valence electrons. The molecule has 0 spiro atoms. The Bertz CT molecular complexity index is 685. The summed E-state index contributed by atoms with van der Waals surface area (Å²) in [6.45, 7) is 0. The van der Waals surface area contributed by atoms with E-state index in [1.54, 1.807) is 6.20 Å². The van der Waals surface area contributed by atoms with Crippen LogP contribution in [0.5, 0.6) is 0 Å². The number of hydrogen-bond donors (Lipinski definition) is 1. The topological polar surface area (TPSA) is 42.0 Å². The second-order valence-corrected chi connectivity index (χ2v) is 7.14. The van der Waals surface area contributed by atoms with Gasteiger partial charge in [0.25, 0.3) is 0 Å². The van der Waals surface area contributed by atoms with E-state index < -0.39 is 0 Å². The quantitative estimate of drug-likeness (QED) is 0.933. The van der Waals surface area contributed by atoms with Crippen molar-refractivity contribution in [3.8, 4) is 0 Å². The van der Waals surface area contributed by atoms with Crippen LogP contribution in [0.2, 0.25) is 0 Å². The Balaban J connectivity index is 1.48. The number of carbonyl (C=O) groups is 1. The summed E-state index contributed by atoms with van der Waals surface area (Å²) in [5.41, 5.74) is 2.22. The van der Waals surface area contributed by atoms with Crippen LogP contribution in [0, 0.1) is 11.8 Å². The van der Waals surface area contributed by atoms with Gasteiger partial charge in [-0.05, 0) is 42.4 Å². The minimum absolute atomic E-state index is 0.101. The number of fused-ring (bicyclic) bond motifs is 1. The van der Waals surface area contributed by atoms with Crippen LogP contribution in [0.3, 0.4) is 0 Å². The predicted molar refractivity (Wildman–Crippen MR) is 94.5 cm³/mol. The summed E-state index contributed by atoms with van der Waals surface area (Å²) in [5.74, 6) is 1.96. The predicted octanol–water partition coefficient (Wildman–Crippen LogP) is 3.71. The number of benzene rings is 1. The summed E-state index contributed by atoms with van der Waals surface area (Å²) in [5, 5.41) is 3.33. The third-order valence-electron chi connectivity index (χ3n) is 5.76. The lowest BCUT2D eigenvalue weighted by Crippen LogP contribution is -2.59. The maximum Gasteiger partial charge on any atom is 0.226 e. The third kappa shape index (κ3) is 2.95. The monoisotopic (exact) mass is 320 g/mol. The molecule has 2 fully saturated rings. The molecule has 2 aromatic rings. The van der Waals surface area contributed by atoms with E-state index in [9.17, 15) is 4.79 Å². The van der Waals surface area contributed by atoms with Gasteiger partial charge in [0.2, 0.25) is 5.91 Å². The zero-order chi connectivity index (χ0) is 16.4. The maximum atomic E-state index is 12.5. The fourth-order valence-corrected chi connectivity index (χ4v) is 4.70. The van der Waals surface area contributed by atoms with Crippen molar-refractivity contribution in [3.63, 3.8) is 0 Å². The van der Waals surface area contributed by atoms with Crippen molar-refractivity contribution in [2.75, 3.05) is 0 Å². The van der Waals surface area contributed by atoms with Crippen LogP contribution >= 0.6 is 0 Å². The van der Waals surface area contributed by atoms with E-state index in [1.807, 2.05) is 18.2 Å². The number of pyridine rings is 1. The summed E-state index contributed by atoms with van der Waals surface area (Å²) < 4.78 is 0. The van der Waals surface area contributed by atoms with E-state index in [1.165, 1.54) is 31.2 Å². The molecule has 0 bridgehead atoms. The Morgan fingerprint density at radius 3 is 2.50 bits per heavy atom. The molecule has 2 aliphatic rings. The van der Waals surface area contributed by atoms with Crippen LogP contribution in [-0.4, -0.2) is 16.9 Å². The van der Waals surface area contributed by atoms with Gasteiger partial charge in [-0.3, -0.25) is 9.78 Å². The summed E-state index contributed by atoms with van der Waals surface area (Å²) in [6, 6.07) is 16.7. The van der Waals surface area contributed by atoms with E-state index in [2.05, 4.69) is 40.6 Å². The molecule has 24 heavy (non-hydrogen) atoms. The van der Waals surface area contributed by atoms with Crippen molar-refractivity contribution >= 4 is 5.91 Å². The van der Waals surface area contributed by atoms with Crippen LogP contribution in [0.4, 0.5) is 0 Å². The second-order valence-electron chi connectivity index (χ2n) is 7.14. The first-order chi connectivity index (χ1) is 11.8. The lowest BCUT2D eigenvalue weighted by Gasteiger charge is -2.55. The highest BCUT2D eigenvalue weighted by Gasteiger charge is 2.51. The SMILES string of the molecule is O=C(Cc1ccccn1)N[C@H]1C2CCCCC2[C@@H]1c1ccccc1. The lowest BCUT2D eigenvalue weighted by atomic mass is 9.53. The van der Waals surface area contributed by atoms with Gasteiger partial charge < -0.3 is 5.32 Å². The molecule has 1 aromatic carbocycles. The molecule has 1 aromatic heterocycles. The molecular weight excluding hydrogens is 296 g/mol. The smallest absolute Gasteiger partial charge is 0.226 e. The first-order valence-electron chi connectivity index (χ1n) is 9.07. The van der Waals surface area contributed by atoms with Gasteiger partial charge in [-0.25, -0.2) is 0 Å². The van der Waals surface area contributed by atoms with E-state index >= 15 is 0 Å². The first kappa shape index (κ1) is 15.4. The number of nitrogens with zero attached hydrogens (tertiary/aromatic N) is 1. The highest BCUT2D eigenvalue weighted by atomic mass is 16.1. The highest BCUT2D eigenvalue weighted by Crippen LogP contribution is 2.54. The second kappa shape index (κ2) is 6.76. The number of nitrogens with one attached hydrogen (secondary N) is 1. The molecule has 1 amide bonds. The van der Waals surface area contributed by atoms with E-state index in [0.717, 1.165) is 11.6 Å². The molecule has 2 unspecified atom stereocenters. The van der Waals surface area contributed by atoms with Gasteiger partial charge in [-0.1, -0.05) is 49.2 Å². The summed E-state index contributed by atoms with van der Waals surface area (Å²) in [6.07, 6.45) is 7.31. The normalized spacial score (nSPS) is 28.5. The standard InChI is InChI=1S/C21H24N2O/c24-19(14-16-10-6-7-13-22-16)23-21-18-12-5-4-11-17(18)20(21)15-8-2-1-3-9-15/h1-3,6-10,13,17-18,20-21H,4-5,11-12,14H2,(H,23,24)/t17?,18?,20-,21-/m0/s1. The van der Waals surface area contributed by atoms with E-state index in [4.69, 9.17) is 0 Å². The third-order valence-corrected chi connectivity index (χ3v) is 5.76. The summed E-state index contributed by atoms with van der Waals surface area (Å²) in [7, 11) is 0. The van der Waals surface area contributed by atoms with Crippen molar-refractivity contribution in [1.82, 2.24) is 10.3 Å². The fourth-order valence-electron chi connectivity index (χ4n) is 4.70. The van der Waals surface area contributed by atoms with Crippen molar-refractivity contribution < 1.29 is 4.79 Å². The Hall–Kier alpha value is -2.16. The summed E-state index contributed by atoms with van der Waals surface area (Å²) >= 11 is 0. The molecule has 3 nitrogen and oxygen atoms in total. The number of hydrogen-bond acceptors (Lipinski definition) is 2. The fraction of sp³-hybridized carbons (Fsp3) is 0.429. The zero-order valence-electron chi connectivity index (χ0n) is 13.9. The van der Waals surface area contributed by atoms with Gasteiger partial charge >= 0.3 is 0 Å². The van der Waals surface area contributed by atoms with Gasteiger partial charge in [0.15, 0.2) is 0 Å². The van der Waals surface area contributed by atoms with Crippen molar-refractivity contribution in [2.45, 2.75) is 44.1 Å². The number of rotatable bonds is 4. The number of carbonyl (C=O) groups excluding carboxylic acids is 1. The minimum atomic E-state index is 0.101. The minimum Gasteiger partial charge on any atom is -0.352 e. The Morgan fingerprint density at radius 1 is 1.00 bits per heavy atom. The molecular formula is C21H24N2O. The largest absolute Gasteiger partial charge is 0.352 e. The molecule has 0 radical (unpaired) electrons. The van der Waals surface area contributed by atoms with Crippen LogP contribution in [0.25, 0.3) is 0 Å². The molecule has 4 rings (SSSR count). The van der Waals surface area contributed by atoms with Gasteiger partial charge in [-0.2, -0.15) is 0 Å². The number of aromatic nitrogens is 1. The Labute approximate surface area is 143 Å². The van der Waals surface area contributed by atoms with E-state index in [-0.39, 0.29) is 11.9 Å². The Kier molecular flexibility index (Phi) is 4.33. The molecule has 0 saturated heterocycles.